The van der Waals surface area contributed by atoms with Gasteiger partial charge < -0.3 is 20.7 Å². The Morgan fingerprint density at radius 1 is 0.846 bits per heavy atom. The summed E-state index contributed by atoms with van der Waals surface area (Å²) in [5.74, 6) is -0.661. The number of benzene rings is 4. The van der Waals surface area contributed by atoms with E-state index in [0.29, 0.717) is 57.6 Å². The van der Waals surface area contributed by atoms with Gasteiger partial charge in [-0.15, -0.1) is 12.4 Å². The van der Waals surface area contributed by atoms with Crippen LogP contribution in [-0.4, -0.2) is 55.0 Å². The van der Waals surface area contributed by atoms with Crippen LogP contribution in [0.3, 0.4) is 0 Å². The average molecular weight is 780 g/mol. The maximum absolute atomic E-state index is 14.3. The molecule has 4 aromatic carbocycles. The first kappa shape index (κ1) is 39.1. The number of ketones is 1. The number of hydrogen-bond acceptors (Lipinski definition) is 5. The molecule has 0 aromatic heterocycles. The number of fused-ring (bicyclic) bond motifs is 3. The highest BCUT2D eigenvalue weighted by atomic mass is 35.5. The van der Waals surface area contributed by atoms with Gasteiger partial charge in [-0.3, -0.25) is 9.59 Å². The van der Waals surface area contributed by atoms with E-state index in [1.807, 2.05) is 43.3 Å². The third kappa shape index (κ3) is 8.91. The Kier molecular flexibility index (Phi) is 13.2. The van der Waals surface area contributed by atoms with Crippen molar-refractivity contribution >= 4 is 77.1 Å². The van der Waals surface area contributed by atoms with E-state index < -0.39 is 12.1 Å². The van der Waals surface area contributed by atoms with Crippen LogP contribution < -0.4 is 11.1 Å². The lowest BCUT2D eigenvalue weighted by Gasteiger charge is -2.33. The Balaban J connectivity index is 0.00000523. The molecule has 1 aliphatic heterocycles. The first-order valence-corrected chi connectivity index (χ1v) is 18.0. The molecular formula is C41H39Cl4N3O4. The molecule has 2 aliphatic rings. The second-order valence-corrected chi connectivity index (χ2v) is 14.1. The van der Waals surface area contributed by atoms with E-state index in [0.717, 1.165) is 33.4 Å². The normalized spacial score (nSPS) is 15.9. The summed E-state index contributed by atoms with van der Waals surface area (Å²) in [6, 6.07) is 25.9. The largest absolute Gasteiger partial charge is 0.449 e. The number of piperidine rings is 1. The summed E-state index contributed by atoms with van der Waals surface area (Å²) >= 11 is 18.8. The molecule has 0 unspecified atom stereocenters. The Hall–Kier alpha value is -4.11. The highest BCUT2D eigenvalue weighted by molar-refractivity contribution is 6.42. The number of unbranched alkanes of at least 4 members (excludes halogenated alkanes) is 1. The van der Waals surface area contributed by atoms with Crippen molar-refractivity contribution in [2.75, 3.05) is 26.2 Å². The lowest BCUT2D eigenvalue weighted by Crippen LogP contribution is -2.52. The smallest absolute Gasteiger partial charge is 0.407 e. The number of alkyl carbamates (subject to hydrolysis) is 1. The molecule has 1 aliphatic carbocycles. The number of Topliss-reactive ketones (excluding diaryl/α,β-unsaturated/α-hetero) is 1. The van der Waals surface area contributed by atoms with E-state index in [1.165, 1.54) is 0 Å². The van der Waals surface area contributed by atoms with Crippen LogP contribution in [0.15, 0.2) is 96.1 Å². The van der Waals surface area contributed by atoms with Crippen LogP contribution in [-0.2, 0) is 14.3 Å². The van der Waals surface area contributed by atoms with E-state index in [9.17, 15) is 14.4 Å². The molecule has 0 bridgehead atoms. The van der Waals surface area contributed by atoms with Crippen LogP contribution in [0, 0.1) is 6.92 Å². The highest BCUT2D eigenvalue weighted by Gasteiger charge is 2.34. The fraction of sp³-hybridized carbons (Fsp3) is 0.244. The summed E-state index contributed by atoms with van der Waals surface area (Å²) in [7, 11) is 0. The number of carbonyl (C=O) groups is 3. The van der Waals surface area contributed by atoms with Gasteiger partial charge in [0.25, 0.3) is 0 Å². The molecule has 4 aromatic rings. The van der Waals surface area contributed by atoms with Crippen LogP contribution in [0.2, 0.25) is 15.1 Å². The lowest BCUT2D eigenvalue weighted by molar-refractivity contribution is -0.133. The van der Waals surface area contributed by atoms with Gasteiger partial charge in [0.05, 0.1) is 10.0 Å². The summed E-state index contributed by atoms with van der Waals surface area (Å²) in [5, 5.41) is 4.15. The summed E-state index contributed by atoms with van der Waals surface area (Å²) < 4.78 is 5.81. The molecule has 3 N–H and O–H groups in total. The summed E-state index contributed by atoms with van der Waals surface area (Å²) in [4.78, 5) is 43.2. The predicted octanol–water partition coefficient (Wildman–Crippen LogP) is 9.29. The number of nitrogens with zero attached hydrogens (tertiary/aromatic N) is 1. The van der Waals surface area contributed by atoms with Crippen LogP contribution in [0.4, 0.5) is 4.79 Å². The number of halogens is 4. The first-order valence-electron chi connectivity index (χ1n) is 16.9. The second kappa shape index (κ2) is 17.6. The molecule has 1 fully saturated rings. The van der Waals surface area contributed by atoms with Crippen molar-refractivity contribution in [1.82, 2.24) is 10.2 Å². The van der Waals surface area contributed by atoms with Gasteiger partial charge in [-0.25, -0.2) is 4.79 Å². The zero-order valence-corrected chi connectivity index (χ0v) is 31.6. The summed E-state index contributed by atoms with van der Waals surface area (Å²) in [5.41, 5.74) is 13.3. The van der Waals surface area contributed by atoms with Crippen molar-refractivity contribution in [1.29, 1.82) is 0 Å². The molecule has 11 heteroatoms. The number of rotatable bonds is 10. The van der Waals surface area contributed by atoms with E-state index in [1.54, 1.807) is 41.3 Å². The van der Waals surface area contributed by atoms with Crippen molar-refractivity contribution in [3.05, 3.63) is 139 Å². The minimum absolute atomic E-state index is 0. The Bertz CT molecular complexity index is 1930. The van der Waals surface area contributed by atoms with Gasteiger partial charge in [0.2, 0.25) is 5.91 Å². The molecule has 1 atom stereocenters. The van der Waals surface area contributed by atoms with Crippen molar-refractivity contribution in [2.24, 2.45) is 5.73 Å². The van der Waals surface area contributed by atoms with E-state index >= 15 is 0 Å². The maximum Gasteiger partial charge on any atom is 0.407 e. The van der Waals surface area contributed by atoms with E-state index in [2.05, 4.69) is 29.6 Å². The SMILES string of the molecule is Cc1ccc(/C=C2\CN(C(=O)[C@H](CCCCN)NC(=O)OCC3c4ccccc4-c4ccccc43)C/C(=C\c3ccc(Cl)c(Cl)c3)C2=O)cc1Cl.Cl. The van der Waals surface area contributed by atoms with Gasteiger partial charge >= 0.3 is 6.09 Å². The molecule has 2 amide bonds. The minimum atomic E-state index is -0.901. The quantitative estimate of drug-likeness (QED) is 0.124. The predicted molar refractivity (Wildman–Crippen MR) is 212 cm³/mol. The average Bonchev–Trinajstić information content (AvgIpc) is 3.45. The van der Waals surface area contributed by atoms with Gasteiger partial charge in [0, 0.05) is 35.2 Å². The molecule has 270 valence electrons. The molecule has 52 heavy (non-hydrogen) atoms. The third-order valence-electron chi connectivity index (χ3n) is 9.32. The number of aryl methyl sites for hydroxylation is 1. The number of likely N-dealkylation sites (tertiary alicyclic amines) is 1. The van der Waals surface area contributed by atoms with Gasteiger partial charge in [-0.2, -0.15) is 0 Å². The third-order valence-corrected chi connectivity index (χ3v) is 10.5. The molecule has 1 heterocycles. The van der Waals surface area contributed by atoms with E-state index in [-0.39, 0.29) is 49.7 Å². The Labute approximate surface area is 325 Å². The van der Waals surface area contributed by atoms with Gasteiger partial charge in [0.1, 0.15) is 12.6 Å². The monoisotopic (exact) mass is 777 g/mol. The van der Waals surface area contributed by atoms with Gasteiger partial charge in [-0.1, -0.05) is 102 Å². The van der Waals surface area contributed by atoms with Crippen molar-refractivity contribution in [2.45, 2.75) is 38.1 Å². The zero-order chi connectivity index (χ0) is 36.1. The van der Waals surface area contributed by atoms with Crippen LogP contribution in [0.5, 0.6) is 0 Å². The van der Waals surface area contributed by atoms with Crippen molar-refractivity contribution in [3.8, 4) is 11.1 Å². The minimum Gasteiger partial charge on any atom is -0.449 e. The van der Waals surface area contributed by atoms with Crippen molar-refractivity contribution < 1.29 is 19.1 Å². The number of nitrogens with two attached hydrogens (primary N) is 1. The Morgan fingerprint density at radius 2 is 1.42 bits per heavy atom. The van der Waals surface area contributed by atoms with Crippen molar-refractivity contribution in [3.63, 3.8) is 0 Å². The maximum atomic E-state index is 14.3. The van der Waals surface area contributed by atoms with Gasteiger partial charge in [-0.05, 0) is 102 Å². The fourth-order valence-corrected chi connectivity index (χ4v) is 7.15. The second-order valence-electron chi connectivity index (χ2n) is 12.9. The molecule has 0 radical (unpaired) electrons. The number of amides is 2. The summed E-state index contributed by atoms with van der Waals surface area (Å²) in [6.45, 7) is 2.54. The van der Waals surface area contributed by atoms with Crippen LogP contribution >= 0.6 is 47.2 Å². The standard InChI is InChI=1S/C41H38Cl3N3O4.ClH/c1-25-13-14-26(20-36(25)43)18-28-22-47(23-29(39(28)48)19-27-15-16-35(42)37(44)21-27)40(49)38(12-6-7-17-45)46-41(50)51-24-34-32-10-4-2-8-30(32)31-9-3-5-11-33(31)34;/h2-5,8-11,13-16,18-21,34,38H,6-7,12,17,22-24,45H2,1H3,(H,46,50);1H/b28-18+,29-19+;/t38-;/m0./s1. The number of hydrogen-bond donors (Lipinski definition) is 2. The zero-order valence-electron chi connectivity index (χ0n) is 28.5. The molecule has 0 spiro atoms. The topological polar surface area (TPSA) is 102 Å². The summed E-state index contributed by atoms with van der Waals surface area (Å²) in [6.07, 6.45) is 4.41. The molecule has 7 nitrogen and oxygen atoms in total. The fourth-order valence-electron chi connectivity index (χ4n) is 6.65. The molecule has 0 saturated carbocycles. The van der Waals surface area contributed by atoms with Gasteiger partial charge in [0.15, 0.2) is 5.78 Å². The lowest BCUT2D eigenvalue weighted by atomic mass is 9.93. The van der Waals surface area contributed by atoms with Crippen LogP contribution in [0.1, 0.15) is 53.0 Å². The van der Waals surface area contributed by atoms with E-state index in [4.69, 9.17) is 45.3 Å². The highest BCUT2D eigenvalue weighted by Crippen LogP contribution is 2.44. The number of nitrogens with one attached hydrogen (secondary N) is 1. The number of carbonyl (C=O) groups excluding carboxylic acids is 3. The van der Waals surface area contributed by atoms with Crippen LogP contribution in [0.25, 0.3) is 23.3 Å². The molecule has 6 rings (SSSR count). The molecule has 1 saturated heterocycles. The Morgan fingerprint density at radius 3 is 2.00 bits per heavy atom. The number of ether oxygens (including phenoxy) is 1. The molecular weight excluding hydrogens is 740 g/mol. The first-order chi connectivity index (χ1) is 24.6.